The summed E-state index contributed by atoms with van der Waals surface area (Å²) in [4.78, 5) is 15.1. The molecule has 0 unspecified atom stereocenters. The molecule has 0 aliphatic heterocycles. The second-order valence-corrected chi connectivity index (χ2v) is 4.04. The fourth-order valence-electron chi connectivity index (χ4n) is 1.47. The van der Waals surface area contributed by atoms with Crippen molar-refractivity contribution in [3.63, 3.8) is 0 Å². The van der Waals surface area contributed by atoms with Crippen molar-refractivity contribution >= 4 is 28.9 Å². The van der Waals surface area contributed by atoms with E-state index in [9.17, 15) is 9.90 Å². The van der Waals surface area contributed by atoms with Crippen LogP contribution in [-0.4, -0.2) is 22.5 Å². The van der Waals surface area contributed by atoms with Crippen LogP contribution in [-0.2, 0) is 4.79 Å². The molecule has 0 saturated carbocycles. The second kappa shape index (κ2) is 6.44. The Kier molecular flexibility index (Phi) is 4.42. The van der Waals surface area contributed by atoms with Gasteiger partial charge in [0.15, 0.2) is 5.82 Å². The highest BCUT2D eigenvalue weighted by molar-refractivity contribution is 5.91. The zero-order chi connectivity index (χ0) is 15.2. The molecule has 0 atom stereocenters. The molecule has 1 aromatic carbocycles. The number of aromatic nitrogens is 1. The summed E-state index contributed by atoms with van der Waals surface area (Å²) in [6.07, 6.45) is 0. The largest absolute Gasteiger partial charge is 0.506 e. The molecule has 0 saturated heterocycles. The minimum absolute atomic E-state index is 0.0135. The summed E-state index contributed by atoms with van der Waals surface area (Å²) >= 11 is 0. The number of benzene rings is 1. The van der Waals surface area contributed by atoms with E-state index in [2.05, 4.69) is 20.5 Å². The molecule has 1 aromatic heterocycles. The van der Waals surface area contributed by atoms with Crippen molar-refractivity contribution in [3.8, 4) is 5.75 Å². The highest BCUT2D eigenvalue weighted by Crippen LogP contribution is 2.29. The number of para-hydroxylation sites is 1. The van der Waals surface area contributed by atoms with E-state index in [1.165, 1.54) is 12.1 Å². The average Bonchev–Trinajstić information content (AvgIpc) is 2.48. The number of azo groups is 1. The Morgan fingerprint density at radius 2 is 1.90 bits per heavy atom. The molecule has 0 spiro atoms. The first kappa shape index (κ1) is 14.4. The molecule has 1 amide bonds. The summed E-state index contributed by atoms with van der Waals surface area (Å²) in [5, 5.41) is 19.9. The zero-order valence-electron chi connectivity index (χ0n) is 11.0. The smallest absolute Gasteiger partial charge is 0.239 e. The molecule has 21 heavy (non-hydrogen) atoms. The topological polar surface area (TPSA) is 139 Å². The van der Waals surface area contributed by atoms with Gasteiger partial charge in [0, 0.05) is 0 Å². The van der Waals surface area contributed by atoms with Gasteiger partial charge in [-0.3, -0.25) is 4.79 Å². The number of rotatable bonds is 4. The van der Waals surface area contributed by atoms with Crippen LogP contribution in [0.25, 0.3) is 0 Å². The summed E-state index contributed by atoms with van der Waals surface area (Å²) in [6, 6.07) is 9.60. The van der Waals surface area contributed by atoms with Crippen LogP contribution < -0.4 is 16.8 Å². The number of nitrogens with zero attached hydrogens (tertiary/aromatic N) is 3. The number of pyridine rings is 1. The number of nitrogen functional groups attached to an aromatic ring is 1. The zero-order valence-corrected chi connectivity index (χ0v) is 11.0. The summed E-state index contributed by atoms with van der Waals surface area (Å²) in [5.74, 6) is 0.0264. The van der Waals surface area contributed by atoms with Crippen LogP contribution in [0.2, 0.25) is 0 Å². The van der Waals surface area contributed by atoms with Crippen molar-refractivity contribution < 1.29 is 9.90 Å². The number of hydrogen-bond donors (Lipinski definition) is 4. The molecule has 0 fully saturated rings. The van der Waals surface area contributed by atoms with Gasteiger partial charge in [0.2, 0.25) is 5.91 Å². The van der Waals surface area contributed by atoms with Gasteiger partial charge < -0.3 is 21.9 Å². The molecule has 2 aromatic rings. The summed E-state index contributed by atoms with van der Waals surface area (Å²) < 4.78 is 0. The number of nitrogens with two attached hydrogens (primary N) is 2. The van der Waals surface area contributed by atoms with Gasteiger partial charge in [0.25, 0.3) is 0 Å². The van der Waals surface area contributed by atoms with Crippen molar-refractivity contribution in [2.75, 3.05) is 17.6 Å². The van der Waals surface area contributed by atoms with E-state index in [-0.39, 0.29) is 29.8 Å². The fourth-order valence-corrected chi connectivity index (χ4v) is 1.47. The quantitative estimate of drug-likeness (QED) is 0.633. The van der Waals surface area contributed by atoms with Gasteiger partial charge in [-0.2, -0.15) is 0 Å². The van der Waals surface area contributed by atoms with Gasteiger partial charge in [-0.05, 0) is 24.3 Å². The minimum atomic E-state index is -0.370. The van der Waals surface area contributed by atoms with Crippen LogP contribution in [0.3, 0.4) is 0 Å². The highest BCUT2D eigenvalue weighted by atomic mass is 16.3. The molecule has 0 radical (unpaired) electrons. The minimum Gasteiger partial charge on any atom is -0.506 e. The monoisotopic (exact) mass is 286 g/mol. The maximum absolute atomic E-state index is 11.1. The van der Waals surface area contributed by atoms with Gasteiger partial charge >= 0.3 is 0 Å². The highest BCUT2D eigenvalue weighted by Gasteiger charge is 2.05. The number of nitrogens with one attached hydrogen (secondary N) is 1. The van der Waals surface area contributed by atoms with Crippen molar-refractivity contribution in [2.24, 2.45) is 16.0 Å². The van der Waals surface area contributed by atoms with E-state index in [1.807, 2.05) is 0 Å². The Morgan fingerprint density at radius 1 is 1.19 bits per heavy atom. The van der Waals surface area contributed by atoms with E-state index in [0.717, 1.165) is 0 Å². The number of hydrogen-bond acceptors (Lipinski definition) is 7. The molecule has 0 bridgehead atoms. The third-order valence-corrected chi connectivity index (χ3v) is 2.50. The van der Waals surface area contributed by atoms with E-state index in [1.54, 1.807) is 24.3 Å². The number of phenolic OH excluding ortho intramolecular Hbond substituents is 1. The van der Waals surface area contributed by atoms with E-state index < -0.39 is 0 Å². The molecular weight excluding hydrogens is 272 g/mol. The van der Waals surface area contributed by atoms with E-state index in [0.29, 0.717) is 11.4 Å². The van der Waals surface area contributed by atoms with E-state index >= 15 is 0 Å². The third-order valence-electron chi connectivity index (χ3n) is 2.50. The molecule has 0 aliphatic rings. The predicted octanol–water partition coefficient (Wildman–Crippen LogP) is 1.68. The first-order valence-electron chi connectivity index (χ1n) is 6.06. The van der Waals surface area contributed by atoms with Crippen LogP contribution >= 0.6 is 0 Å². The van der Waals surface area contributed by atoms with Crippen molar-refractivity contribution in [3.05, 3.63) is 36.4 Å². The van der Waals surface area contributed by atoms with Gasteiger partial charge in [0.05, 0.1) is 6.54 Å². The van der Waals surface area contributed by atoms with Crippen LogP contribution in [0.4, 0.5) is 23.0 Å². The van der Waals surface area contributed by atoms with Crippen molar-refractivity contribution in [1.29, 1.82) is 0 Å². The first-order chi connectivity index (χ1) is 10.1. The van der Waals surface area contributed by atoms with Crippen molar-refractivity contribution in [2.45, 2.75) is 0 Å². The molecule has 6 N–H and O–H groups in total. The Labute approximate surface area is 120 Å². The predicted molar refractivity (Wildman–Crippen MR) is 78.6 cm³/mol. The molecule has 2 rings (SSSR count). The number of carbonyl (C=O) groups is 1. The number of anilines is 2. The van der Waals surface area contributed by atoms with Gasteiger partial charge in [-0.15, -0.1) is 10.2 Å². The normalized spacial score (nSPS) is 10.7. The van der Waals surface area contributed by atoms with Crippen LogP contribution in [0, 0.1) is 0 Å². The molecule has 0 aliphatic carbocycles. The summed E-state index contributed by atoms with van der Waals surface area (Å²) in [7, 11) is 0. The number of carbonyl (C=O) groups excluding carboxylic acids is 1. The second-order valence-electron chi connectivity index (χ2n) is 4.04. The Hall–Kier alpha value is -3.00. The number of phenols is 1. The Balaban J connectivity index is 2.18. The first-order valence-corrected chi connectivity index (χ1v) is 6.06. The lowest BCUT2D eigenvalue weighted by atomic mass is 10.3. The molecule has 1 heterocycles. The molecule has 108 valence electrons. The molecule has 8 heteroatoms. The number of amides is 1. The van der Waals surface area contributed by atoms with Crippen LogP contribution in [0.15, 0.2) is 46.6 Å². The lowest BCUT2D eigenvalue weighted by Crippen LogP contribution is -2.22. The van der Waals surface area contributed by atoms with Crippen molar-refractivity contribution in [1.82, 2.24) is 4.98 Å². The summed E-state index contributed by atoms with van der Waals surface area (Å²) in [6.45, 7) is -0.143. The Morgan fingerprint density at radius 3 is 2.57 bits per heavy atom. The van der Waals surface area contributed by atoms with Crippen LogP contribution in [0.5, 0.6) is 5.75 Å². The fraction of sp³-hybridized carbons (Fsp3) is 0.0769. The number of aromatic hydroxyl groups is 1. The Bertz CT molecular complexity index is 686. The van der Waals surface area contributed by atoms with Gasteiger partial charge in [0.1, 0.15) is 22.9 Å². The SMILES string of the molecule is NCC(=O)Nc1ccc(/N=N/c2ccccc2O)c(N)n1. The average molecular weight is 286 g/mol. The third kappa shape index (κ3) is 3.74. The maximum Gasteiger partial charge on any atom is 0.239 e. The van der Waals surface area contributed by atoms with Gasteiger partial charge in [-0.25, -0.2) is 4.98 Å². The summed E-state index contributed by atoms with van der Waals surface area (Å²) in [5.41, 5.74) is 11.6. The van der Waals surface area contributed by atoms with E-state index in [4.69, 9.17) is 11.5 Å². The maximum atomic E-state index is 11.1. The molecular formula is C13H14N6O2. The molecule has 8 nitrogen and oxygen atoms in total. The van der Waals surface area contributed by atoms with Gasteiger partial charge in [-0.1, -0.05) is 12.1 Å². The lowest BCUT2D eigenvalue weighted by Gasteiger charge is -2.04. The lowest BCUT2D eigenvalue weighted by molar-refractivity contribution is -0.114. The van der Waals surface area contributed by atoms with Crippen LogP contribution in [0.1, 0.15) is 0 Å². The standard InChI is InChI=1S/C13H14N6O2/c14-7-12(21)16-11-6-5-9(13(15)17-11)19-18-8-3-1-2-4-10(8)20/h1-6,20H,7,14H2,(H3,15,16,17,21)/b19-18+.